The lowest BCUT2D eigenvalue weighted by Crippen LogP contribution is -2.50. The van der Waals surface area contributed by atoms with E-state index in [0.717, 1.165) is 0 Å². The monoisotopic (exact) mass is 318 g/mol. The molecule has 2 N–H and O–H groups in total. The maximum absolute atomic E-state index is 12.3. The van der Waals surface area contributed by atoms with Crippen molar-refractivity contribution in [1.82, 2.24) is 10.2 Å². The largest absolute Gasteiger partial charge is 0.481 e. The summed E-state index contributed by atoms with van der Waals surface area (Å²) >= 11 is 0. The summed E-state index contributed by atoms with van der Waals surface area (Å²) in [5, 5.41) is 12.1. The standard InChI is InChI=1S/C18H26N2O3/c1-12-4-6-15(7-5-12)14(3)9-19-18(23)20-10-13(2)8-16(11-20)17(21)22/h4-7,13-14,16H,8-11H2,1-3H3,(H,19,23)(H,21,22). The first kappa shape index (κ1) is 17.3. The quantitative estimate of drug-likeness (QED) is 0.897. The Labute approximate surface area is 137 Å². The molecule has 2 rings (SSSR count). The van der Waals surface area contributed by atoms with E-state index in [1.807, 2.05) is 13.8 Å². The number of likely N-dealkylation sites (tertiary alicyclic amines) is 1. The number of hydrogen-bond donors (Lipinski definition) is 2. The summed E-state index contributed by atoms with van der Waals surface area (Å²) in [5.74, 6) is -0.844. The van der Waals surface area contributed by atoms with Crippen LogP contribution in [0.1, 0.15) is 37.3 Å². The molecule has 126 valence electrons. The molecule has 1 heterocycles. The molecule has 0 spiro atoms. The van der Waals surface area contributed by atoms with Crippen molar-refractivity contribution < 1.29 is 14.7 Å². The van der Waals surface area contributed by atoms with Crippen molar-refractivity contribution in [3.8, 4) is 0 Å². The van der Waals surface area contributed by atoms with Gasteiger partial charge in [0.15, 0.2) is 0 Å². The van der Waals surface area contributed by atoms with E-state index in [9.17, 15) is 14.7 Å². The maximum atomic E-state index is 12.3. The Balaban J connectivity index is 1.88. The molecule has 0 radical (unpaired) electrons. The summed E-state index contributed by atoms with van der Waals surface area (Å²) in [5.41, 5.74) is 2.40. The lowest BCUT2D eigenvalue weighted by Gasteiger charge is -2.34. The third-order valence-corrected chi connectivity index (χ3v) is 4.50. The minimum Gasteiger partial charge on any atom is -0.481 e. The highest BCUT2D eigenvalue weighted by Gasteiger charge is 2.31. The molecule has 1 aromatic rings. The molecule has 3 unspecified atom stereocenters. The average molecular weight is 318 g/mol. The number of rotatable bonds is 4. The lowest BCUT2D eigenvalue weighted by molar-refractivity contribution is -0.143. The number of amides is 2. The Morgan fingerprint density at radius 2 is 1.96 bits per heavy atom. The van der Waals surface area contributed by atoms with E-state index in [1.54, 1.807) is 4.90 Å². The molecule has 1 aliphatic rings. The zero-order valence-corrected chi connectivity index (χ0v) is 14.1. The number of benzene rings is 1. The van der Waals surface area contributed by atoms with Crippen molar-refractivity contribution in [3.63, 3.8) is 0 Å². The summed E-state index contributed by atoms with van der Waals surface area (Å²) in [6.07, 6.45) is 0.638. The fraction of sp³-hybridized carbons (Fsp3) is 0.556. The number of nitrogens with one attached hydrogen (secondary N) is 1. The number of aryl methyl sites for hydroxylation is 1. The van der Waals surface area contributed by atoms with E-state index >= 15 is 0 Å². The minimum absolute atomic E-state index is 0.165. The van der Waals surface area contributed by atoms with Crippen LogP contribution in [-0.4, -0.2) is 41.6 Å². The van der Waals surface area contributed by atoms with E-state index < -0.39 is 11.9 Å². The number of hydrogen-bond acceptors (Lipinski definition) is 2. The lowest BCUT2D eigenvalue weighted by atomic mass is 9.91. The summed E-state index contributed by atoms with van der Waals surface area (Å²) in [6, 6.07) is 8.13. The SMILES string of the molecule is Cc1ccc(C(C)CNC(=O)N2CC(C)CC(C(=O)O)C2)cc1. The van der Waals surface area contributed by atoms with Crippen LogP contribution < -0.4 is 5.32 Å². The minimum atomic E-state index is -0.817. The predicted octanol–water partition coefficient (Wildman–Crippen LogP) is 2.85. The molecule has 5 heteroatoms. The fourth-order valence-corrected chi connectivity index (χ4v) is 3.06. The first-order valence-corrected chi connectivity index (χ1v) is 8.19. The molecule has 0 bridgehead atoms. The van der Waals surface area contributed by atoms with Crippen LogP contribution >= 0.6 is 0 Å². The zero-order chi connectivity index (χ0) is 17.0. The highest BCUT2D eigenvalue weighted by molar-refractivity contribution is 5.76. The Hall–Kier alpha value is -2.04. The molecule has 1 fully saturated rings. The number of carbonyl (C=O) groups excluding carboxylic acids is 1. The van der Waals surface area contributed by atoms with Crippen LogP contribution in [0.25, 0.3) is 0 Å². The fourth-order valence-electron chi connectivity index (χ4n) is 3.06. The molecule has 0 aliphatic carbocycles. The van der Waals surface area contributed by atoms with Crippen LogP contribution in [0.2, 0.25) is 0 Å². The Morgan fingerprint density at radius 3 is 2.57 bits per heavy atom. The van der Waals surface area contributed by atoms with Crippen molar-refractivity contribution in [2.45, 2.75) is 33.1 Å². The highest BCUT2D eigenvalue weighted by Crippen LogP contribution is 2.22. The van der Waals surface area contributed by atoms with Crippen molar-refractivity contribution >= 4 is 12.0 Å². The second-order valence-corrected chi connectivity index (χ2v) is 6.78. The average Bonchev–Trinajstić information content (AvgIpc) is 2.52. The number of nitrogens with zero attached hydrogens (tertiary/aromatic N) is 1. The number of carboxylic acids is 1. The molecule has 23 heavy (non-hydrogen) atoms. The van der Waals surface area contributed by atoms with Crippen molar-refractivity contribution in [2.24, 2.45) is 11.8 Å². The molecule has 2 amide bonds. The molecular formula is C18H26N2O3. The molecule has 3 atom stereocenters. The Bertz CT molecular complexity index is 556. The maximum Gasteiger partial charge on any atom is 0.317 e. The van der Waals surface area contributed by atoms with Gasteiger partial charge in [0.1, 0.15) is 0 Å². The predicted molar refractivity (Wildman–Crippen MR) is 89.5 cm³/mol. The van der Waals surface area contributed by atoms with Crippen LogP contribution in [0, 0.1) is 18.8 Å². The molecule has 1 aliphatic heterocycles. The van der Waals surface area contributed by atoms with Gasteiger partial charge in [-0.05, 0) is 30.7 Å². The summed E-state index contributed by atoms with van der Waals surface area (Å²) in [6.45, 7) is 7.57. The van der Waals surface area contributed by atoms with E-state index in [1.165, 1.54) is 11.1 Å². The third-order valence-electron chi connectivity index (χ3n) is 4.50. The Kier molecular flexibility index (Phi) is 5.64. The zero-order valence-electron chi connectivity index (χ0n) is 14.1. The van der Waals surface area contributed by atoms with E-state index in [0.29, 0.717) is 26.1 Å². The van der Waals surface area contributed by atoms with E-state index in [-0.39, 0.29) is 17.9 Å². The van der Waals surface area contributed by atoms with Crippen LogP contribution in [0.4, 0.5) is 4.79 Å². The van der Waals surface area contributed by atoms with Crippen molar-refractivity contribution in [1.29, 1.82) is 0 Å². The van der Waals surface area contributed by atoms with Gasteiger partial charge in [-0.3, -0.25) is 4.79 Å². The number of piperidine rings is 1. The molecule has 5 nitrogen and oxygen atoms in total. The summed E-state index contributed by atoms with van der Waals surface area (Å²) < 4.78 is 0. The molecule has 1 aromatic carbocycles. The van der Waals surface area contributed by atoms with Gasteiger partial charge < -0.3 is 15.3 Å². The van der Waals surface area contributed by atoms with Gasteiger partial charge in [-0.15, -0.1) is 0 Å². The number of aliphatic carboxylic acids is 1. The van der Waals surface area contributed by atoms with Gasteiger partial charge in [0.05, 0.1) is 5.92 Å². The van der Waals surface area contributed by atoms with Crippen LogP contribution in [0.5, 0.6) is 0 Å². The number of carbonyl (C=O) groups is 2. The molecular weight excluding hydrogens is 292 g/mol. The van der Waals surface area contributed by atoms with Crippen LogP contribution in [0.15, 0.2) is 24.3 Å². The normalized spacial score (nSPS) is 22.5. The second kappa shape index (κ2) is 7.49. The Morgan fingerprint density at radius 1 is 1.30 bits per heavy atom. The summed E-state index contributed by atoms with van der Waals surface area (Å²) in [7, 11) is 0. The second-order valence-electron chi connectivity index (χ2n) is 6.78. The van der Waals surface area contributed by atoms with Gasteiger partial charge in [0, 0.05) is 19.6 Å². The van der Waals surface area contributed by atoms with Gasteiger partial charge in [-0.1, -0.05) is 43.7 Å². The first-order valence-electron chi connectivity index (χ1n) is 8.19. The third kappa shape index (κ3) is 4.71. The number of carboxylic acid groups (broad SMARTS) is 1. The summed E-state index contributed by atoms with van der Waals surface area (Å²) in [4.78, 5) is 25.1. The van der Waals surface area contributed by atoms with Crippen molar-refractivity contribution in [2.75, 3.05) is 19.6 Å². The van der Waals surface area contributed by atoms with Gasteiger partial charge in [-0.2, -0.15) is 0 Å². The van der Waals surface area contributed by atoms with E-state index in [4.69, 9.17) is 0 Å². The van der Waals surface area contributed by atoms with Gasteiger partial charge in [0.25, 0.3) is 0 Å². The van der Waals surface area contributed by atoms with Gasteiger partial charge in [0.2, 0.25) is 0 Å². The number of urea groups is 1. The molecule has 0 saturated carbocycles. The van der Waals surface area contributed by atoms with Crippen LogP contribution in [0.3, 0.4) is 0 Å². The first-order chi connectivity index (χ1) is 10.9. The van der Waals surface area contributed by atoms with E-state index in [2.05, 4.69) is 36.5 Å². The van der Waals surface area contributed by atoms with Gasteiger partial charge >= 0.3 is 12.0 Å². The highest BCUT2D eigenvalue weighted by atomic mass is 16.4. The molecule has 0 aromatic heterocycles. The van der Waals surface area contributed by atoms with Crippen molar-refractivity contribution in [3.05, 3.63) is 35.4 Å². The molecule has 1 saturated heterocycles. The topological polar surface area (TPSA) is 69.6 Å². The van der Waals surface area contributed by atoms with Crippen LogP contribution in [-0.2, 0) is 4.79 Å². The smallest absolute Gasteiger partial charge is 0.317 e. The van der Waals surface area contributed by atoms with Gasteiger partial charge in [-0.25, -0.2) is 4.79 Å².